The van der Waals surface area contributed by atoms with E-state index in [1.165, 1.54) is 5.56 Å². The van der Waals surface area contributed by atoms with E-state index in [1.54, 1.807) is 13.8 Å². The molecule has 0 saturated carbocycles. The number of hydrogen-bond donors (Lipinski definition) is 2. The van der Waals surface area contributed by atoms with Gasteiger partial charge in [0.25, 0.3) is 0 Å². The third-order valence-electron chi connectivity index (χ3n) is 2.01. The highest BCUT2D eigenvalue weighted by molar-refractivity contribution is 5.13. The molecule has 0 spiro atoms. The summed E-state index contributed by atoms with van der Waals surface area (Å²) < 4.78 is 9.79. The molecule has 0 bridgehead atoms. The molecule has 1 rings (SSSR count). The lowest BCUT2D eigenvalue weighted by Crippen LogP contribution is -2.19. The first-order valence-corrected chi connectivity index (χ1v) is 6.23. The number of hydrogen-bond acceptors (Lipinski definition) is 4. The summed E-state index contributed by atoms with van der Waals surface area (Å²) in [6.45, 7) is 6.74. The maximum Gasteiger partial charge on any atom is 0.157 e. The molecule has 4 nitrogen and oxygen atoms in total. The van der Waals surface area contributed by atoms with Gasteiger partial charge in [0.1, 0.15) is 0 Å². The molecule has 0 fully saturated rings. The van der Waals surface area contributed by atoms with Crippen molar-refractivity contribution in [1.29, 1.82) is 0 Å². The minimum atomic E-state index is -0.744. The van der Waals surface area contributed by atoms with Gasteiger partial charge in [-0.3, -0.25) is 0 Å². The van der Waals surface area contributed by atoms with Gasteiger partial charge in [0.15, 0.2) is 12.6 Å². The van der Waals surface area contributed by atoms with Crippen molar-refractivity contribution in [3.8, 4) is 0 Å². The third-order valence-corrected chi connectivity index (χ3v) is 2.01. The summed E-state index contributed by atoms with van der Waals surface area (Å²) in [5.74, 6) is 0. The number of ether oxygens (including phenoxy) is 2. The number of nitrogens with one attached hydrogen (secondary N) is 1. The summed E-state index contributed by atoms with van der Waals surface area (Å²) >= 11 is 0. The van der Waals surface area contributed by atoms with E-state index in [9.17, 15) is 0 Å². The number of aliphatic hydroxyl groups excluding tert-OH is 1. The van der Waals surface area contributed by atoms with Crippen molar-refractivity contribution in [3.63, 3.8) is 0 Å². The summed E-state index contributed by atoms with van der Waals surface area (Å²) in [4.78, 5) is 0. The Hall–Kier alpha value is -0.940. The second kappa shape index (κ2) is 11.2. The number of aliphatic hydroxyl groups is 1. The Morgan fingerprint density at radius 2 is 1.83 bits per heavy atom. The number of rotatable bonds is 6. The van der Waals surface area contributed by atoms with Gasteiger partial charge in [-0.05, 0) is 33.4 Å². The molecule has 0 aliphatic heterocycles. The van der Waals surface area contributed by atoms with Crippen molar-refractivity contribution in [2.45, 2.75) is 39.9 Å². The molecule has 1 aromatic rings. The maximum atomic E-state index is 8.65. The molecule has 0 radical (unpaired) electrons. The van der Waals surface area contributed by atoms with Crippen molar-refractivity contribution < 1.29 is 14.6 Å². The lowest BCUT2D eigenvalue weighted by molar-refractivity contribution is -0.211. The summed E-state index contributed by atoms with van der Waals surface area (Å²) in [5.41, 5.74) is 1.33. The molecule has 1 aromatic carbocycles. The summed E-state index contributed by atoms with van der Waals surface area (Å²) in [5, 5.41) is 11.7. The molecule has 18 heavy (non-hydrogen) atoms. The van der Waals surface area contributed by atoms with Crippen LogP contribution >= 0.6 is 0 Å². The normalized spacial score (nSPS) is 13.4. The summed E-state index contributed by atoms with van der Waals surface area (Å²) in [6, 6.07) is 10.3. The molecular weight excluding hydrogens is 230 g/mol. The fraction of sp³-hybridized carbons (Fsp3) is 0.571. The summed E-state index contributed by atoms with van der Waals surface area (Å²) in [7, 11) is 1.95. The van der Waals surface area contributed by atoms with Crippen LogP contribution in [0.1, 0.15) is 26.3 Å². The van der Waals surface area contributed by atoms with Gasteiger partial charge in [0, 0.05) is 13.2 Å². The van der Waals surface area contributed by atoms with E-state index in [2.05, 4.69) is 17.4 Å². The van der Waals surface area contributed by atoms with Gasteiger partial charge in [-0.15, -0.1) is 0 Å². The van der Waals surface area contributed by atoms with E-state index in [-0.39, 0.29) is 6.29 Å². The van der Waals surface area contributed by atoms with Crippen LogP contribution in [-0.2, 0) is 16.0 Å². The van der Waals surface area contributed by atoms with Crippen molar-refractivity contribution >= 4 is 0 Å². The molecule has 104 valence electrons. The van der Waals surface area contributed by atoms with E-state index in [4.69, 9.17) is 14.6 Å². The first-order valence-electron chi connectivity index (χ1n) is 6.23. The van der Waals surface area contributed by atoms with E-state index >= 15 is 0 Å². The molecule has 0 aliphatic carbocycles. The van der Waals surface area contributed by atoms with Gasteiger partial charge in [-0.2, -0.15) is 0 Å². The second-order valence-electron chi connectivity index (χ2n) is 3.77. The van der Waals surface area contributed by atoms with E-state index in [1.807, 2.05) is 32.2 Å². The van der Waals surface area contributed by atoms with E-state index in [0.29, 0.717) is 6.61 Å². The van der Waals surface area contributed by atoms with Gasteiger partial charge < -0.3 is 19.9 Å². The van der Waals surface area contributed by atoms with Gasteiger partial charge in [0.2, 0.25) is 0 Å². The lowest BCUT2D eigenvalue weighted by atomic mass is 10.2. The average Bonchev–Trinajstić information content (AvgIpc) is 2.31. The molecule has 0 amide bonds. The van der Waals surface area contributed by atoms with Crippen LogP contribution < -0.4 is 5.32 Å². The first-order chi connectivity index (χ1) is 8.60. The highest BCUT2D eigenvalue weighted by atomic mass is 16.7. The Bertz CT molecular complexity index is 278. The molecule has 0 saturated heterocycles. The summed E-state index contributed by atoms with van der Waals surface area (Å²) in [6.07, 6.45) is -1.05. The molecule has 2 N–H and O–H groups in total. The third kappa shape index (κ3) is 10.2. The highest BCUT2D eigenvalue weighted by Crippen LogP contribution is 1.96. The Morgan fingerprint density at radius 1 is 1.22 bits per heavy atom. The van der Waals surface area contributed by atoms with Crippen LogP contribution in [-0.4, -0.2) is 31.3 Å². The fourth-order valence-corrected chi connectivity index (χ4v) is 1.35. The van der Waals surface area contributed by atoms with Crippen LogP contribution in [0.3, 0.4) is 0 Å². The Labute approximate surface area is 110 Å². The van der Waals surface area contributed by atoms with E-state index < -0.39 is 6.29 Å². The SMILES string of the molecule is CCOC(C)OC(C)O.CNCc1ccccc1. The van der Waals surface area contributed by atoms with Gasteiger partial charge >= 0.3 is 0 Å². The van der Waals surface area contributed by atoms with Crippen LogP contribution in [0, 0.1) is 0 Å². The molecule has 4 heteroatoms. The average molecular weight is 255 g/mol. The zero-order chi connectivity index (χ0) is 13.8. The zero-order valence-corrected chi connectivity index (χ0v) is 11.7. The Kier molecular flexibility index (Phi) is 10.6. The maximum absolute atomic E-state index is 8.65. The zero-order valence-electron chi connectivity index (χ0n) is 11.7. The monoisotopic (exact) mass is 255 g/mol. The van der Waals surface area contributed by atoms with Crippen molar-refractivity contribution in [1.82, 2.24) is 5.32 Å². The predicted octanol–water partition coefficient (Wildman–Crippen LogP) is 2.13. The Balaban J connectivity index is 0.000000321. The Morgan fingerprint density at radius 3 is 2.28 bits per heavy atom. The van der Waals surface area contributed by atoms with Gasteiger partial charge in [0.05, 0.1) is 0 Å². The smallest absolute Gasteiger partial charge is 0.157 e. The predicted molar refractivity (Wildman–Crippen MR) is 73.1 cm³/mol. The largest absolute Gasteiger partial charge is 0.368 e. The van der Waals surface area contributed by atoms with Crippen LogP contribution in [0.15, 0.2) is 30.3 Å². The van der Waals surface area contributed by atoms with Crippen molar-refractivity contribution in [2.75, 3.05) is 13.7 Å². The fourth-order valence-electron chi connectivity index (χ4n) is 1.35. The molecule has 2 unspecified atom stereocenters. The quantitative estimate of drug-likeness (QED) is 0.765. The topological polar surface area (TPSA) is 50.7 Å². The van der Waals surface area contributed by atoms with Crippen molar-refractivity contribution in [3.05, 3.63) is 35.9 Å². The highest BCUT2D eigenvalue weighted by Gasteiger charge is 2.02. The molecule has 0 aromatic heterocycles. The standard InChI is InChI=1S/C8H11N.C6H14O3/c1-9-7-8-5-3-2-4-6-8;1-4-8-6(3)9-5(2)7/h2-6,9H,7H2,1H3;5-7H,4H2,1-3H3. The van der Waals surface area contributed by atoms with Crippen LogP contribution in [0.25, 0.3) is 0 Å². The molecule has 2 atom stereocenters. The minimum absolute atomic E-state index is 0.310. The van der Waals surface area contributed by atoms with Crippen LogP contribution in [0.4, 0.5) is 0 Å². The van der Waals surface area contributed by atoms with E-state index in [0.717, 1.165) is 6.54 Å². The lowest BCUT2D eigenvalue weighted by Gasteiger charge is -2.13. The van der Waals surface area contributed by atoms with Crippen LogP contribution in [0.2, 0.25) is 0 Å². The van der Waals surface area contributed by atoms with Gasteiger partial charge in [-0.25, -0.2) is 0 Å². The first kappa shape index (κ1) is 17.1. The van der Waals surface area contributed by atoms with Crippen molar-refractivity contribution in [2.24, 2.45) is 0 Å². The second-order valence-corrected chi connectivity index (χ2v) is 3.77. The molecular formula is C14H25NO3. The van der Waals surface area contributed by atoms with Crippen LogP contribution in [0.5, 0.6) is 0 Å². The van der Waals surface area contributed by atoms with Gasteiger partial charge in [-0.1, -0.05) is 30.3 Å². The number of benzene rings is 1. The molecule has 0 aliphatic rings. The molecule has 0 heterocycles. The minimum Gasteiger partial charge on any atom is -0.368 e.